The van der Waals surface area contributed by atoms with E-state index in [0.717, 1.165) is 0 Å². The lowest BCUT2D eigenvalue weighted by atomic mass is 9.89. The highest BCUT2D eigenvalue weighted by molar-refractivity contribution is 5.85. The molecule has 0 aliphatic heterocycles. The molecule has 14 nitrogen and oxygen atoms in total. The summed E-state index contributed by atoms with van der Waals surface area (Å²) in [6.07, 6.45) is 2.39. The molecule has 0 radical (unpaired) electrons. The molecule has 52 heavy (non-hydrogen) atoms. The van der Waals surface area contributed by atoms with Crippen LogP contribution in [0.15, 0.2) is 0 Å². The quantitative estimate of drug-likeness (QED) is 0.0642. The number of hydrogen-bond acceptors (Lipinski definition) is 8. The van der Waals surface area contributed by atoms with E-state index in [-0.39, 0.29) is 66.3 Å². The molecule has 0 saturated carbocycles. The third-order valence-corrected chi connectivity index (χ3v) is 10.2. The molecule has 14 heteroatoms. The summed E-state index contributed by atoms with van der Waals surface area (Å²) >= 11 is 0. The van der Waals surface area contributed by atoms with Crippen molar-refractivity contribution in [2.24, 2.45) is 58.8 Å². The summed E-state index contributed by atoms with van der Waals surface area (Å²) < 4.78 is 0. The van der Waals surface area contributed by atoms with E-state index in [1.165, 1.54) is 0 Å². The third-order valence-electron chi connectivity index (χ3n) is 10.2. The molecule has 0 fully saturated rings. The Bertz CT molecular complexity index is 1150. The van der Waals surface area contributed by atoms with Crippen LogP contribution in [0.4, 0.5) is 0 Å². The summed E-state index contributed by atoms with van der Waals surface area (Å²) in [7, 11) is 0. The van der Waals surface area contributed by atoms with Crippen LogP contribution in [0.2, 0.25) is 0 Å². The van der Waals surface area contributed by atoms with Crippen molar-refractivity contribution in [1.82, 2.24) is 26.6 Å². The zero-order chi connectivity index (χ0) is 40.5. The molecule has 10 N–H and O–H groups in total. The lowest BCUT2D eigenvalue weighted by Gasteiger charge is -2.30. The smallest absolute Gasteiger partial charge is 0.308 e. The molecule has 0 aromatic rings. The van der Waals surface area contributed by atoms with E-state index in [9.17, 15) is 33.9 Å². The SMILES string of the molecule is CC(C)C[C@H](NC(=O)[C@H](C)[C@H](C)NC(=O)C[C@H](CCCCN)NC(=O)[C@@H](CNC(=O)[C@H](C)[C@@H](NC(=O)[C@H](C)[C@H](C)N)C(C)C)C(C)C)[C@@H](C)C(=O)O. The van der Waals surface area contributed by atoms with Crippen molar-refractivity contribution in [3.05, 3.63) is 0 Å². The number of rotatable bonds is 25. The molecule has 0 saturated heterocycles. The minimum atomic E-state index is -0.993. The summed E-state index contributed by atoms with van der Waals surface area (Å²) in [4.78, 5) is 77.7. The molecule has 0 bridgehead atoms. The fourth-order valence-corrected chi connectivity index (χ4v) is 5.91. The van der Waals surface area contributed by atoms with Crippen LogP contribution in [-0.4, -0.2) is 83.9 Å². The van der Waals surface area contributed by atoms with Crippen molar-refractivity contribution >= 4 is 35.5 Å². The second-order valence-corrected chi connectivity index (χ2v) is 16.0. The Morgan fingerprint density at radius 2 is 1.21 bits per heavy atom. The van der Waals surface area contributed by atoms with Crippen molar-refractivity contribution in [2.45, 2.75) is 145 Å². The van der Waals surface area contributed by atoms with E-state index in [1.54, 1.807) is 41.5 Å². The first kappa shape index (κ1) is 48.7. The number of nitrogens with two attached hydrogens (primary N) is 2. The van der Waals surface area contributed by atoms with Gasteiger partial charge >= 0.3 is 5.97 Å². The van der Waals surface area contributed by atoms with Gasteiger partial charge in [-0.2, -0.15) is 0 Å². The first-order chi connectivity index (χ1) is 24.0. The second kappa shape index (κ2) is 24.1. The highest BCUT2D eigenvalue weighted by Crippen LogP contribution is 2.18. The van der Waals surface area contributed by atoms with Crippen LogP contribution >= 0.6 is 0 Å². The lowest BCUT2D eigenvalue weighted by molar-refractivity contribution is -0.143. The number of carboxylic acids is 1. The number of unbranched alkanes of at least 4 members (excludes halogenated alkanes) is 1. The maximum atomic E-state index is 13.6. The van der Waals surface area contributed by atoms with Gasteiger partial charge < -0.3 is 43.2 Å². The lowest BCUT2D eigenvalue weighted by Crippen LogP contribution is -2.52. The second-order valence-electron chi connectivity index (χ2n) is 16.0. The Morgan fingerprint density at radius 3 is 1.69 bits per heavy atom. The molecule has 10 atom stereocenters. The molecular formula is C38H73N7O7. The van der Waals surface area contributed by atoms with Crippen LogP contribution < -0.4 is 38.1 Å². The van der Waals surface area contributed by atoms with Gasteiger partial charge in [0, 0.05) is 49.1 Å². The molecule has 0 aromatic heterocycles. The standard InChI is InChI=1S/C38H73N7O7/c1-20(2)17-31(25(9)38(51)52)44-36(49)24(8)28(12)42-32(46)18-29(15-13-14-16-39)43-37(50)30(21(3)4)19-41-34(47)26(10)33(22(5)6)45-35(48)23(7)27(11)40/h20-31,33H,13-19,39-40H2,1-12H3,(H,41,47)(H,42,46)(H,43,50)(H,44,49)(H,45,48)(H,51,52)/t23-,24-,25-,26-,27+,28+,29+,30+,31+,33+/m1/s1. The van der Waals surface area contributed by atoms with Crippen LogP contribution in [0, 0.1) is 47.3 Å². The largest absolute Gasteiger partial charge is 0.481 e. The molecule has 0 unspecified atom stereocenters. The van der Waals surface area contributed by atoms with E-state index in [0.29, 0.717) is 32.2 Å². The number of carbonyl (C=O) groups is 6. The van der Waals surface area contributed by atoms with Gasteiger partial charge in [-0.1, -0.05) is 68.7 Å². The zero-order valence-corrected chi connectivity index (χ0v) is 34.0. The highest BCUT2D eigenvalue weighted by Gasteiger charge is 2.33. The number of hydrogen-bond donors (Lipinski definition) is 8. The molecule has 302 valence electrons. The third kappa shape index (κ3) is 17.5. The van der Waals surface area contributed by atoms with Gasteiger partial charge in [-0.3, -0.25) is 28.8 Å². The first-order valence-electron chi connectivity index (χ1n) is 19.2. The minimum absolute atomic E-state index is 0.0230. The Hall–Kier alpha value is -3.26. The van der Waals surface area contributed by atoms with Gasteiger partial charge in [0.25, 0.3) is 0 Å². The maximum absolute atomic E-state index is 13.6. The van der Waals surface area contributed by atoms with Crippen LogP contribution in [0.1, 0.15) is 115 Å². The van der Waals surface area contributed by atoms with Crippen molar-refractivity contribution in [1.29, 1.82) is 0 Å². The van der Waals surface area contributed by atoms with E-state index in [1.807, 2.05) is 41.5 Å². The number of amides is 5. The first-order valence-corrected chi connectivity index (χ1v) is 19.2. The predicted octanol–water partition coefficient (Wildman–Crippen LogP) is 2.53. The summed E-state index contributed by atoms with van der Waals surface area (Å²) in [6.45, 7) is 22.3. The monoisotopic (exact) mass is 740 g/mol. The van der Waals surface area contributed by atoms with Crippen LogP contribution in [0.25, 0.3) is 0 Å². The van der Waals surface area contributed by atoms with Crippen molar-refractivity contribution in [2.75, 3.05) is 13.1 Å². The summed E-state index contributed by atoms with van der Waals surface area (Å²) in [6, 6.07) is -2.39. The molecule has 0 heterocycles. The molecule has 5 amide bonds. The van der Waals surface area contributed by atoms with Gasteiger partial charge in [0.15, 0.2) is 0 Å². The number of aliphatic carboxylic acids is 1. The van der Waals surface area contributed by atoms with Crippen LogP contribution in [0.3, 0.4) is 0 Å². The fourth-order valence-electron chi connectivity index (χ4n) is 5.91. The Balaban J connectivity index is 5.61. The van der Waals surface area contributed by atoms with Crippen LogP contribution in [0.5, 0.6) is 0 Å². The summed E-state index contributed by atoms with van der Waals surface area (Å²) in [5.74, 6) is -5.46. The van der Waals surface area contributed by atoms with Crippen molar-refractivity contribution in [3.63, 3.8) is 0 Å². The number of carboxylic acid groups (broad SMARTS) is 1. The molecule has 0 aliphatic rings. The highest BCUT2D eigenvalue weighted by atomic mass is 16.4. The topological polar surface area (TPSA) is 235 Å². The predicted molar refractivity (Wildman–Crippen MR) is 204 cm³/mol. The average molecular weight is 740 g/mol. The Labute approximate surface area is 312 Å². The van der Waals surface area contributed by atoms with E-state index in [4.69, 9.17) is 11.5 Å². The van der Waals surface area contributed by atoms with Gasteiger partial charge in [0.2, 0.25) is 29.5 Å². The van der Waals surface area contributed by atoms with Gasteiger partial charge in [-0.25, -0.2) is 0 Å². The van der Waals surface area contributed by atoms with Gasteiger partial charge in [-0.15, -0.1) is 0 Å². The number of carbonyl (C=O) groups excluding carboxylic acids is 5. The van der Waals surface area contributed by atoms with Crippen molar-refractivity contribution in [3.8, 4) is 0 Å². The zero-order valence-electron chi connectivity index (χ0n) is 34.0. The minimum Gasteiger partial charge on any atom is -0.481 e. The Kier molecular flexibility index (Phi) is 22.6. The van der Waals surface area contributed by atoms with Crippen molar-refractivity contribution < 1.29 is 33.9 Å². The van der Waals surface area contributed by atoms with Gasteiger partial charge in [0.05, 0.1) is 23.7 Å². The van der Waals surface area contributed by atoms with Crippen LogP contribution in [-0.2, 0) is 28.8 Å². The van der Waals surface area contributed by atoms with E-state index < -0.39 is 59.7 Å². The summed E-state index contributed by atoms with van der Waals surface area (Å²) in [5.41, 5.74) is 11.6. The molecule has 0 aromatic carbocycles. The average Bonchev–Trinajstić information content (AvgIpc) is 3.04. The molecule has 0 aliphatic carbocycles. The molecular weight excluding hydrogens is 666 g/mol. The molecule has 0 rings (SSSR count). The fraction of sp³-hybridized carbons (Fsp3) is 0.842. The molecule has 0 spiro atoms. The van der Waals surface area contributed by atoms with Gasteiger partial charge in [0.1, 0.15) is 0 Å². The Morgan fingerprint density at radius 1 is 0.635 bits per heavy atom. The maximum Gasteiger partial charge on any atom is 0.308 e. The van der Waals surface area contributed by atoms with Gasteiger partial charge in [-0.05, 0) is 64.3 Å². The van der Waals surface area contributed by atoms with E-state index >= 15 is 0 Å². The normalized spacial score (nSPS) is 17.5. The van der Waals surface area contributed by atoms with E-state index in [2.05, 4.69) is 26.6 Å². The number of nitrogens with one attached hydrogen (secondary N) is 5. The summed E-state index contributed by atoms with van der Waals surface area (Å²) in [5, 5.41) is 24.2.